The van der Waals surface area contributed by atoms with Crippen molar-refractivity contribution in [1.29, 1.82) is 0 Å². The van der Waals surface area contributed by atoms with Gasteiger partial charge in [0, 0.05) is 23.3 Å². The molecule has 0 saturated heterocycles. The van der Waals surface area contributed by atoms with Crippen molar-refractivity contribution in [2.45, 2.75) is 20.3 Å². The maximum Gasteiger partial charge on any atom is 0.135 e. The summed E-state index contributed by atoms with van der Waals surface area (Å²) in [4.78, 5) is 8.41. The third kappa shape index (κ3) is 4.70. The molecule has 0 aliphatic rings. The monoisotopic (exact) mass is 290 g/mol. The molecule has 106 valence electrons. The SMILES string of the molecule is CC(C)CCNc1cc(Nc2ccc(Cl)cc2)ncn1. The van der Waals surface area contributed by atoms with Crippen LogP contribution in [-0.4, -0.2) is 16.5 Å². The molecule has 0 atom stereocenters. The molecule has 2 N–H and O–H groups in total. The van der Waals surface area contributed by atoms with Crippen molar-refractivity contribution >= 4 is 28.9 Å². The fourth-order valence-corrected chi connectivity index (χ4v) is 1.82. The van der Waals surface area contributed by atoms with Gasteiger partial charge in [-0.15, -0.1) is 0 Å². The van der Waals surface area contributed by atoms with Crippen LogP contribution < -0.4 is 10.6 Å². The smallest absolute Gasteiger partial charge is 0.135 e. The lowest BCUT2D eigenvalue weighted by atomic mass is 10.1. The normalized spacial score (nSPS) is 10.6. The Bertz CT molecular complexity index is 540. The number of hydrogen-bond donors (Lipinski definition) is 2. The zero-order valence-corrected chi connectivity index (χ0v) is 12.5. The number of nitrogens with zero attached hydrogens (tertiary/aromatic N) is 2. The van der Waals surface area contributed by atoms with Gasteiger partial charge in [-0.2, -0.15) is 0 Å². The second kappa shape index (κ2) is 7.10. The maximum absolute atomic E-state index is 5.86. The largest absolute Gasteiger partial charge is 0.370 e. The first kappa shape index (κ1) is 14.6. The van der Waals surface area contributed by atoms with E-state index in [4.69, 9.17) is 11.6 Å². The van der Waals surface area contributed by atoms with E-state index in [0.717, 1.165) is 30.3 Å². The summed E-state index contributed by atoms with van der Waals surface area (Å²) in [6, 6.07) is 9.40. The minimum atomic E-state index is 0.677. The van der Waals surface area contributed by atoms with Crippen molar-refractivity contribution in [2.24, 2.45) is 5.92 Å². The Morgan fingerprint density at radius 3 is 2.50 bits per heavy atom. The van der Waals surface area contributed by atoms with Crippen molar-refractivity contribution in [1.82, 2.24) is 9.97 Å². The Hall–Kier alpha value is -1.81. The van der Waals surface area contributed by atoms with Crippen LogP contribution in [0.4, 0.5) is 17.3 Å². The molecule has 0 fully saturated rings. The van der Waals surface area contributed by atoms with Crippen LogP contribution in [0.5, 0.6) is 0 Å². The van der Waals surface area contributed by atoms with E-state index in [-0.39, 0.29) is 0 Å². The summed E-state index contributed by atoms with van der Waals surface area (Å²) in [6.07, 6.45) is 2.67. The van der Waals surface area contributed by atoms with E-state index in [2.05, 4.69) is 34.4 Å². The summed E-state index contributed by atoms with van der Waals surface area (Å²) in [7, 11) is 0. The first-order chi connectivity index (χ1) is 9.63. The van der Waals surface area contributed by atoms with E-state index >= 15 is 0 Å². The molecule has 0 bridgehead atoms. The van der Waals surface area contributed by atoms with Gasteiger partial charge in [0.2, 0.25) is 0 Å². The standard InChI is InChI=1S/C15H19ClN4/c1-11(2)7-8-17-14-9-15(19-10-18-14)20-13-5-3-12(16)4-6-13/h3-6,9-11H,7-8H2,1-2H3,(H2,17,18,19,20). The van der Waals surface area contributed by atoms with Gasteiger partial charge in [-0.3, -0.25) is 0 Å². The molecule has 5 heteroatoms. The van der Waals surface area contributed by atoms with Crippen LogP contribution in [0.3, 0.4) is 0 Å². The molecule has 0 spiro atoms. The number of aromatic nitrogens is 2. The highest BCUT2D eigenvalue weighted by molar-refractivity contribution is 6.30. The van der Waals surface area contributed by atoms with Crippen molar-refractivity contribution in [3.05, 3.63) is 41.7 Å². The molecule has 4 nitrogen and oxygen atoms in total. The van der Waals surface area contributed by atoms with Crippen LogP contribution in [0.1, 0.15) is 20.3 Å². The van der Waals surface area contributed by atoms with Crippen LogP contribution in [0, 0.1) is 5.92 Å². The molecule has 0 radical (unpaired) electrons. The molecule has 0 saturated carbocycles. The predicted octanol–water partition coefficient (Wildman–Crippen LogP) is 4.33. The third-order valence-electron chi connectivity index (χ3n) is 2.81. The fourth-order valence-electron chi connectivity index (χ4n) is 1.69. The van der Waals surface area contributed by atoms with Crippen molar-refractivity contribution < 1.29 is 0 Å². The summed E-state index contributed by atoms with van der Waals surface area (Å²) in [5.41, 5.74) is 0.946. The summed E-state index contributed by atoms with van der Waals surface area (Å²) in [6.45, 7) is 5.32. The molecule has 20 heavy (non-hydrogen) atoms. The minimum Gasteiger partial charge on any atom is -0.370 e. The van der Waals surface area contributed by atoms with Gasteiger partial charge in [0.15, 0.2) is 0 Å². The lowest BCUT2D eigenvalue weighted by Gasteiger charge is -2.09. The Kier molecular flexibility index (Phi) is 5.18. The van der Waals surface area contributed by atoms with E-state index in [0.29, 0.717) is 10.9 Å². The highest BCUT2D eigenvalue weighted by atomic mass is 35.5. The molecule has 0 aliphatic carbocycles. The molecule has 0 unspecified atom stereocenters. The average molecular weight is 291 g/mol. The van der Waals surface area contributed by atoms with Crippen molar-refractivity contribution in [2.75, 3.05) is 17.2 Å². The molecular formula is C15H19ClN4. The summed E-state index contributed by atoms with van der Waals surface area (Å²) < 4.78 is 0. The molecule has 0 aliphatic heterocycles. The number of hydrogen-bond acceptors (Lipinski definition) is 4. The fraction of sp³-hybridized carbons (Fsp3) is 0.333. The average Bonchev–Trinajstić information content (AvgIpc) is 2.41. The quantitative estimate of drug-likeness (QED) is 0.831. The molecule has 1 aromatic carbocycles. The van der Waals surface area contributed by atoms with Crippen LogP contribution >= 0.6 is 11.6 Å². The molecule has 1 heterocycles. The lowest BCUT2D eigenvalue weighted by Crippen LogP contribution is -2.06. The molecule has 2 aromatic rings. The Balaban J connectivity index is 1.96. The Morgan fingerprint density at radius 1 is 1.10 bits per heavy atom. The van der Waals surface area contributed by atoms with Gasteiger partial charge in [-0.05, 0) is 36.6 Å². The van der Waals surface area contributed by atoms with Gasteiger partial charge >= 0.3 is 0 Å². The van der Waals surface area contributed by atoms with Gasteiger partial charge in [0.25, 0.3) is 0 Å². The molecule has 1 aromatic heterocycles. The lowest BCUT2D eigenvalue weighted by molar-refractivity contribution is 0.606. The topological polar surface area (TPSA) is 49.8 Å². The van der Waals surface area contributed by atoms with Gasteiger partial charge in [-0.1, -0.05) is 25.4 Å². The summed E-state index contributed by atoms with van der Waals surface area (Å²) in [5.74, 6) is 2.27. The second-order valence-electron chi connectivity index (χ2n) is 5.03. The predicted molar refractivity (Wildman–Crippen MR) is 84.7 cm³/mol. The van der Waals surface area contributed by atoms with Gasteiger partial charge in [-0.25, -0.2) is 9.97 Å². The second-order valence-corrected chi connectivity index (χ2v) is 5.47. The number of rotatable bonds is 6. The van der Waals surface area contributed by atoms with Gasteiger partial charge in [0.05, 0.1) is 0 Å². The van der Waals surface area contributed by atoms with Crippen LogP contribution in [-0.2, 0) is 0 Å². The Morgan fingerprint density at radius 2 is 1.80 bits per heavy atom. The van der Waals surface area contributed by atoms with E-state index in [9.17, 15) is 0 Å². The highest BCUT2D eigenvalue weighted by Gasteiger charge is 2.00. The van der Waals surface area contributed by atoms with Crippen LogP contribution in [0.2, 0.25) is 5.02 Å². The van der Waals surface area contributed by atoms with Crippen molar-refractivity contribution in [3.63, 3.8) is 0 Å². The summed E-state index contributed by atoms with van der Waals surface area (Å²) in [5, 5.41) is 7.24. The maximum atomic E-state index is 5.86. The zero-order chi connectivity index (χ0) is 14.4. The number of nitrogens with one attached hydrogen (secondary N) is 2. The van der Waals surface area contributed by atoms with Crippen LogP contribution in [0.15, 0.2) is 36.7 Å². The van der Waals surface area contributed by atoms with Crippen LogP contribution in [0.25, 0.3) is 0 Å². The minimum absolute atomic E-state index is 0.677. The number of halogens is 1. The van der Waals surface area contributed by atoms with E-state index in [1.807, 2.05) is 30.3 Å². The van der Waals surface area contributed by atoms with E-state index in [1.165, 1.54) is 0 Å². The van der Waals surface area contributed by atoms with E-state index in [1.54, 1.807) is 6.33 Å². The van der Waals surface area contributed by atoms with Gasteiger partial charge in [0.1, 0.15) is 18.0 Å². The Labute approximate surface area is 124 Å². The highest BCUT2D eigenvalue weighted by Crippen LogP contribution is 2.18. The van der Waals surface area contributed by atoms with Gasteiger partial charge < -0.3 is 10.6 Å². The molecule has 0 amide bonds. The van der Waals surface area contributed by atoms with E-state index < -0.39 is 0 Å². The molecular weight excluding hydrogens is 272 g/mol. The summed E-state index contributed by atoms with van der Waals surface area (Å²) >= 11 is 5.86. The number of anilines is 3. The first-order valence-corrected chi connectivity index (χ1v) is 7.10. The molecule has 2 rings (SSSR count). The zero-order valence-electron chi connectivity index (χ0n) is 11.7. The first-order valence-electron chi connectivity index (χ1n) is 6.72. The van der Waals surface area contributed by atoms with Crippen molar-refractivity contribution in [3.8, 4) is 0 Å². The third-order valence-corrected chi connectivity index (χ3v) is 3.06. The number of benzene rings is 1.